The molecule has 2 aromatic rings. The van der Waals surface area contributed by atoms with Gasteiger partial charge in [0.25, 0.3) is 10.0 Å². The molecule has 1 aromatic carbocycles. The Labute approximate surface area is 121 Å². The van der Waals surface area contributed by atoms with Gasteiger partial charge in [-0.05, 0) is 18.2 Å². The predicted molar refractivity (Wildman–Crippen MR) is 74.5 cm³/mol. The highest BCUT2D eigenvalue weighted by molar-refractivity contribution is 7.92. The lowest BCUT2D eigenvalue weighted by Gasteiger charge is -2.14. The van der Waals surface area contributed by atoms with Crippen molar-refractivity contribution in [2.45, 2.75) is 31.1 Å². The van der Waals surface area contributed by atoms with Gasteiger partial charge in [0.15, 0.2) is 17.5 Å². The van der Waals surface area contributed by atoms with Gasteiger partial charge in [-0.15, -0.1) is 0 Å². The molecule has 0 fully saturated rings. The summed E-state index contributed by atoms with van der Waals surface area (Å²) in [6, 6.07) is 3.92. The zero-order valence-corrected chi connectivity index (χ0v) is 12.6. The molecular formula is C13H15F2N3O2S. The summed E-state index contributed by atoms with van der Waals surface area (Å²) in [5.41, 5.74) is 0.518. The fourth-order valence-corrected chi connectivity index (χ4v) is 2.60. The van der Waals surface area contributed by atoms with Gasteiger partial charge in [-0.1, -0.05) is 20.8 Å². The Balaban J connectivity index is 2.29. The molecule has 0 spiro atoms. The summed E-state index contributed by atoms with van der Waals surface area (Å²) in [5, 5.41) is 6.58. The lowest BCUT2D eigenvalue weighted by Crippen LogP contribution is -2.14. The predicted octanol–water partition coefficient (Wildman–Crippen LogP) is 2.79. The monoisotopic (exact) mass is 315 g/mol. The Morgan fingerprint density at radius 1 is 1.14 bits per heavy atom. The number of aromatic nitrogens is 2. The van der Waals surface area contributed by atoms with Gasteiger partial charge in [0, 0.05) is 17.2 Å². The Hall–Kier alpha value is -1.96. The zero-order valence-electron chi connectivity index (χ0n) is 11.7. The topological polar surface area (TPSA) is 74.8 Å². The lowest BCUT2D eigenvalue weighted by molar-refractivity contribution is 0.504. The summed E-state index contributed by atoms with van der Waals surface area (Å²) in [6.07, 6.45) is 0. The molecule has 0 aliphatic carbocycles. The summed E-state index contributed by atoms with van der Waals surface area (Å²) < 4.78 is 52.3. The van der Waals surface area contributed by atoms with Crippen LogP contribution in [-0.2, 0) is 15.4 Å². The molecule has 2 rings (SSSR count). The smallest absolute Gasteiger partial charge is 0.263 e. The highest BCUT2D eigenvalue weighted by atomic mass is 32.2. The third kappa shape index (κ3) is 3.38. The van der Waals surface area contributed by atoms with E-state index in [9.17, 15) is 17.2 Å². The van der Waals surface area contributed by atoms with E-state index in [1.165, 1.54) is 0 Å². The summed E-state index contributed by atoms with van der Waals surface area (Å²) in [5.74, 6) is -2.25. The average molecular weight is 315 g/mol. The van der Waals surface area contributed by atoms with Crippen molar-refractivity contribution in [2.75, 3.05) is 4.72 Å². The molecule has 0 aliphatic heterocycles. The number of rotatable bonds is 3. The van der Waals surface area contributed by atoms with E-state index in [0.717, 1.165) is 17.8 Å². The van der Waals surface area contributed by atoms with E-state index in [1.807, 2.05) is 20.8 Å². The van der Waals surface area contributed by atoms with Crippen molar-refractivity contribution in [1.82, 2.24) is 10.2 Å². The number of nitrogens with one attached hydrogen (secondary N) is 2. The van der Waals surface area contributed by atoms with Gasteiger partial charge in [0.1, 0.15) is 0 Å². The number of nitrogens with zero attached hydrogens (tertiary/aromatic N) is 1. The maximum Gasteiger partial charge on any atom is 0.263 e. The minimum Gasteiger partial charge on any atom is -0.280 e. The van der Waals surface area contributed by atoms with Gasteiger partial charge >= 0.3 is 0 Å². The number of aromatic amines is 1. The van der Waals surface area contributed by atoms with E-state index < -0.39 is 21.7 Å². The lowest BCUT2D eigenvalue weighted by atomic mass is 9.92. The van der Waals surface area contributed by atoms with Gasteiger partial charge in [-0.3, -0.25) is 9.82 Å². The largest absolute Gasteiger partial charge is 0.280 e. The molecule has 8 heteroatoms. The first-order chi connectivity index (χ1) is 9.59. The Morgan fingerprint density at radius 3 is 2.33 bits per heavy atom. The molecule has 114 valence electrons. The molecule has 0 radical (unpaired) electrons. The third-order valence-corrected chi connectivity index (χ3v) is 4.18. The maximum atomic E-state index is 13.1. The van der Waals surface area contributed by atoms with Crippen LogP contribution >= 0.6 is 0 Å². The van der Waals surface area contributed by atoms with E-state index in [2.05, 4.69) is 14.9 Å². The molecule has 0 unspecified atom stereocenters. The quantitative estimate of drug-likeness (QED) is 0.914. The molecule has 0 aliphatic rings. The van der Waals surface area contributed by atoms with Crippen LogP contribution in [0.25, 0.3) is 0 Å². The maximum absolute atomic E-state index is 13.1. The van der Waals surface area contributed by atoms with Crippen LogP contribution < -0.4 is 4.72 Å². The molecule has 1 aromatic heterocycles. The van der Waals surface area contributed by atoms with Crippen molar-refractivity contribution in [3.05, 3.63) is 41.6 Å². The number of H-pyrrole nitrogens is 1. The summed E-state index contributed by atoms with van der Waals surface area (Å²) in [6.45, 7) is 5.82. The van der Waals surface area contributed by atoms with Crippen LogP contribution in [0.3, 0.4) is 0 Å². The number of hydrogen-bond acceptors (Lipinski definition) is 3. The summed E-state index contributed by atoms with van der Waals surface area (Å²) in [7, 11) is -4.02. The molecule has 0 bridgehead atoms. The van der Waals surface area contributed by atoms with Crippen LogP contribution in [0.1, 0.15) is 26.5 Å². The molecule has 2 N–H and O–H groups in total. The molecule has 0 saturated heterocycles. The van der Waals surface area contributed by atoms with Crippen molar-refractivity contribution in [3.8, 4) is 0 Å². The average Bonchev–Trinajstić information content (AvgIpc) is 2.80. The van der Waals surface area contributed by atoms with Crippen LogP contribution in [-0.4, -0.2) is 18.6 Å². The van der Waals surface area contributed by atoms with Gasteiger partial charge in [0.2, 0.25) is 0 Å². The van der Waals surface area contributed by atoms with Crippen LogP contribution in [0.15, 0.2) is 29.2 Å². The number of halogens is 2. The Bertz CT molecular complexity index is 764. The van der Waals surface area contributed by atoms with Crippen molar-refractivity contribution in [3.63, 3.8) is 0 Å². The number of sulfonamides is 1. The summed E-state index contributed by atoms with van der Waals surface area (Å²) in [4.78, 5) is -0.373. The van der Waals surface area contributed by atoms with E-state index in [0.29, 0.717) is 6.07 Å². The van der Waals surface area contributed by atoms with E-state index in [1.54, 1.807) is 6.07 Å². The fourth-order valence-electron chi connectivity index (χ4n) is 1.60. The number of benzene rings is 1. The van der Waals surface area contributed by atoms with Crippen LogP contribution in [0.5, 0.6) is 0 Å². The third-order valence-electron chi connectivity index (χ3n) is 2.83. The summed E-state index contributed by atoms with van der Waals surface area (Å²) >= 11 is 0. The van der Waals surface area contributed by atoms with E-state index in [-0.39, 0.29) is 16.1 Å². The number of hydrogen-bond donors (Lipinski definition) is 2. The van der Waals surface area contributed by atoms with Gasteiger partial charge in [-0.25, -0.2) is 17.2 Å². The van der Waals surface area contributed by atoms with Crippen LogP contribution in [0, 0.1) is 11.6 Å². The Kier molecular flexibility index (Phi) is 3.75. The SMILES string of the molecule is CC(C)(C)c1cc(NS(=O)(=O)c2ccc(F)c(F)c2)n[nH]1. The first-order valence-corrected chi connectivity index (χ1v) is 7.62. The van der Waals surface area contributed by atoms with Gasteiger partial charge < -0.3 is 0 Å². The standard InChI is InChI=1S/C13H15F2N3O2S/c1-13(2,3)11-7-12(17-16-11)18-21(19,20)8-4-5-9(14)10(15)6-8/h4-7H,1-3H3,(H2,16,17,18). The first kappa shape index (κ1) is 15.4. The normalized spacial score (nSPS) is 12.4. The highest BCUT2D eigenvalue weighted by Crippen LogP contribution is 2.23. The Morgan fingerprint density at radius 2 is 1.81 bits per heavy atom. The van der Waals surface area contributed by atoms with Crippen molar-refractivity contribution >= 4 is 15.8 Å². The second-order valence-electron chi connectivity index (χ2n) is 5.60. The molecule has 1 heterocycles. The van der Waals surface area contributed by atoms with E-state index in [4.69, 9.17) is 0 Å². The minimum atomic E-state index is -4.02. The fraction of sp³-hybridized carbons (Fsp3) is 0.308. The highest BCUT2D eigenvalue weighted by Gasteiger charge is 2.21. The van der Waals surface area contributed by atoms with Gasteiger partial charge in [0.05, 0.1) is 4.90 Å². The molecule has 0 amide bonds. The van der Waals surface area contributed by atoms with Crippen LogP contribution in [0.2, 0.25) is 0 Å². The zero-order chi connectivity index (χ0) is 15.8. The number of anilines is 1. The molecule has 0 saturated carbocycles. The van der Waals surface area contributed by atoms with Crippen molar-refractivity contribution in [2.24, 2.45) is 0 Å². The molecule has 21 heavy (non-hydrogen) atoms. The molecule has 5 nitrogen and oxygen atoms in total. The second kappa shape index (κ2) is 5.10. The van der Waals surface area contributed by atoms with E-state index >= 15 is 0 Å². The van der Waals surface area contributed by atoms with Crippen molar-refractivity contribution in [1.29, 1.82) is 0 Å². The van der Waals surface area contributed by atoms with Crippen LogP contribution in [0.4, 0.5) is 14.6 Å². The van der Waals surface area contributed by atoms with Crippen molar-refractivity contribution < 1.29 is 17.2 Å². The minimum absolute atomic E-state index is 0.0876. The van der Waals surface area contributed by atoms with Gasteiger partial charge in [-0.2, -0.15) is 5.10 Å². The molecule has 0 atom stereocenters. The second-order valence-corrected chi connectivity index (χ2v) is 7.28. The molecular weight excluding hydrogens is 300 g/mol. The first-order valence-electron chi connectivity index (χ1n) is 6.13.